The molecule has 0 bridgehead atoms. The van der Waals surface area contributed by atoms with Gasteiger partial charge in [-0.05, 0) is 18.9 Å². The second kappa shape index (κ2) is 2.79. The van der Waals surface area contributed by atoms with Crippen LogP contribution < -0.4 is 0 Å². The molecule has 0 unspecified atom stereocenters. The highest BCUT2D eigenvalue weighted by molar-refractivity contribution is 5.78. The van der Waals surface area contributed by atoms with Crippen LogP contribution in [0.1, 0.15) is 18.9 Å². The monoisotopic (exact) mass is 203 g/mol. The fourth-order valence-corrected chi connectivity index (χ4v) is 1.78. The first-order chi connectivity index (χ1) is 7.25. The van der Waals surface area contributed by atoms with E-state index in [4.69, 9.17) is 0 Å². The predicted molar refractivity (Wildman–Crippen MR) is 54.7 cm³/mol. The smallest absolute Gasteiger partial charge is 0.288 e. The highest BCUT2D eigenvalue weighted by Gasteiger charge is 2.25. The predicted octanol–water partition coefficient (Wildman–Crippen LogP) is 2.28. The second-order valence-corrected chi connectivity index (χ2v) is 3.82. The van der Waals surface area contributed by atoms with Gasteiger partial charge in [-0.3, -0.25) is 10.1 Å². The van der Waals surface area contributed by atoms with Gasteiger partial charge in [0.25, 0.3) is 5.69 Å². The topological polar surface area (TPSA) is 61.0 Å². The number of fused-ring (bicyclic) bond motifs is 1. The third-order valence-corrected chi connectivity index (χ3v) is 2.69. The molecule has 0 aromatic carbocycles. The van der Waals surface area contributed by atoms with E-state index in [0.29, 0.717) is 6.04 Å². The first-order valence-corrected chi connectivity index (χ1v) is 4.87. The van der Waals surface area contributed by atoms with Crippen molar-refractivity contribution in [1.29, 1.82) is 0 Å². The Hall–Kier alpha value is -1.91. The molecule has 0 spiro atoms. The van der Waals surface area contributed by atoms with Crippen molar-refractivity contribution in [3.63, 3.8) is 0 Å². The van der Waals surface area contributed by atoms with Crippen LogP contribution in [-0.4, -0.2) is 14.5 Å². The summed E-state index contributed by atoms with van der Waals surface area (Å²) in [5.41, 5.74) is 0.902. The Labute approximate surface area is 85.5 Å². The van der Waals surface area contributed by atoms with E-state index in [1.54, 1.807) is 6.07 Å². The molecule has 1 aliphatic rings. The van der Waals surface area contributed by atoms with Crippen LogP contribution in [0.3, 0.4) is 0 Å². The largest absolute Gasteiger partial charge is 0.329 e. The van der Waals surface area contributed by atoms with E-state index in [-0.39, 0.29) is 5.69 Å². The highest BCUT2D eigenvalue weighted by Crippen LogP contribution is 2.37. The fraction of sp³-hybridized carbons (Fsp3) is 0.300. The van der Waals surface area contributed by atoms with Crippen LogP contribution >= 0.6 is 0 Å². The summed E-state index contributed by atoms with van der Waals surface area (Å²) in [5, 5.41) is 11.4. The number of hydrogen-bond donors (Lipinski definition) is 0. The minimum atomic E-state index is -0.416. The molecule has 0 amide bonds. The van der Waals surface area contributed by atoms with E-state index >= 15 is 0 Å². The average Bonchev–Trinajstić information content (AvgIpc) is 2.98. The molecule has 3 rings (SSSR count). The minimum Gasteiger partial charge on any atom is -0.329 e. The fourth-order valence-electron chi connectivity index (χ4n) is 1.78. The van der Waals surface area contributed by atoms with Gasteiger partial charge in [0, 0.05) is 23.7 Å². The van der Waals surface area contributed by atoms with Gasteiger partial charge in [0.1, 0.15) is 11.8 Å². The summed E-state index contributed by atoms with van der Waals surface area (Å²) < 4.78 is 2.10. The summed E-state index contributed by atoms with van der Waals surface area (Å²) in [6.07, 6.45) is 5.64. The van der Waals surface area contributed by atoms with Gasteiger partial charge in [0.05, 0.1) is 4.92 Å². The first kappa shape index (κ1) is 8.40. The number of nitrogens with zero attached hydrogens (tertiary/aromatic N) is 3. The van der Waals surface area contributed by atoms with Crippen molar-refractivity contribution in [3.05, 3.63) is 34.6 Å². The molecule has 2 aromatic heterocycles. The molecule has 1 fully saturated rings. The number of nitro groups is 1. The first-order valence-electron chi connectivity index (χ1n) is 4.87. The normalized spacial score (nSPS) is 15.7. The van der Waals surface area contributed by atoms with Gasteiger partial charge < -0.3 is 4.57 Å². The molecule has 5 heteroatoms. The summed E-state index contributed by atoms with van der Waals surface area (Å²) in [7, 11) is 0. The average molecular weight is 203 g/mol. The summed E-state index contributed by atoms with van der Waals surface area (Å²) >= 11 is 0. The Kier molecular flexibility index (Phi) is 1.56. The van der Waals surface area contributed by atoms with Gasteiger partial charge in [-0.1, -0.05) is 0 Å². The van der Waals surface area contributed by atoms with E-state index in [1.807, 2.05) is 12.3 Å². The van der Waals surface area contributed by atoms with Crippen molar-refractivity contribution in [2.75, 3.05) is 0 Å². The number of pyridine rings is 1. The van der Waals surface area contributed by atoms with Crippen molar-refractivity contribution in [2.24, 2.45) is 0 Å². The molecule has 2 heterocycles. The molecule has 76 valence electrons. The van der Waals surface area contributed by atoms with Gasteiger partial charge in [0.2, 0.25) is 0 Å². The van der Waals surface area contributed by atoms with Crippen LogP contribution in [0.4, 0.5) is 5.69 Å². The zero-order valence-corrected chi connectivity index (χ0v) is 7.96. The third kappa shape index (κ3) is 1.27. The maximum atomic E-state index is 10.6. The van der Waals surface area contributed by atoms with Gasteiger partial charge in [0.15, 0.2) is 0 Å². The van der Waals surface area contributed by atoms with Crippen molar-refractivity contribution in [3.8, 4) is 0 Å². The summed E-state index contributed by atoms with van der Waals surface area (Å²) in [6, 6.07) is 4.01. The van der Waals surface area contributed by atoms with E-state index in [9.17, 15) is 10.1 Å². The Balaban J connectivity index is 2.17. The van der Waals surface area contributed by atoms with Crippen molar-refractivity contribution in [2.45, 2.75) is 18.9 Å². The van der Waals surface area contributed by atoms with Gasteiger partial charge in [-0.2, -0.15) is 0 Å². The quantitative estimate of drug-likeness (QED) is 0.555. The lowest BCUT2D eigenvalue weighted by molar-refractivity contribution is -0.385. The molecule has 5 nitrogen and oxygen atoms in total. The molecule has 1 saturated carbocycles. The second-order valence-electron chi connectivity index (χ2n) is 3.82. The van der Waals surface area contributed by atoms with Gasteiger partial charge >= 0.3 is 0 Å². The van der Waals surface area contributed by atoms with Crippen LogP contribution in [0.15, 0.2) is 24.5 Å². The molecule has 0 saturated heterocycles. The molecule has 0 radical (unpaired) electrons. The number of hydrogen-bond acceptors (Lipinski definition) is 3. The minimum absolute atomic E-state index is 0.0519. The molecule has 2 aromatic rings. The molecule has 0 atom stereocenters. The zero-order chi connectivity index (χ0) is 10.4. The SMILES string of the molecule is O=[N+]([O-])c1cnc2c(ccn2C2CC2)c1. The Morgan fingerprint density at radius 1 is 1.53 bits per heavy atom. The lowest BCUT2D eigenvalue weighted by Gasteiger charge is -2.00. The number of rotatable bonds is 2. The van der Waals surface area contributed by atoms with Gasteiger partial charge in [-0.15, -0.1) is 0 Å². The van der Waals surface area contributed by atoms with E-state index < -0.39 is 4.92 Å². The van der Waals surface area contributed by atoms with Crippen LogP contribution in [0, 0.1) is 10.1 Å². The van der Waals surface area contributed by atoms with Crippen LogP contribution in [0.5, 0.6) is 0 Å². The summed E-state index contributed by atoms with van der Waals surface area (Å²) in [6.45, 7) is 0. The van der Waals surface area contributed by atoms with Gasteiger partial charge in [-0.25, -0.2) is 4.98 Å². The van der Waals surface area contributed by atoms with E-state index in [2.05, 4.69) is 9.55 Å². The zero-order valence-electron chi connectivity index (χ0n) is 7.96. The Bertz CT molecular complexity index is 543. The number of aromatic nitrogens is 2. The molecule has 15 heavy (non-hydrogen) atoms. The molecular weight excluding hydrogens is 194 g/mol. The third-order valence-electron chi connectivity index (χ3n) is 2.69. The Morgan fingerprint density at radius 3 is 3.00 bits per heavy atom. The van der Waals surface area contributed by atoms with E-state index in [1.165, 1.54) is 19.0 Å². The lowest BCUT2D eigenvalue weighted by atomic mass is 10.3. The Morgan fingerprint density at radius 2 is 2.33 bits per heavy atom. The maximum Gasteiger partial charge on any atom is 0.288 e. The van der Waals surface area contributed by atoms with E-state index in [0.717, 1.165) is 11.0 Å². The van der Waals surface area contributed by atoms with Crippen LogP contribution in [0.2, 0.25) is 0 Å². The summed E-state index contributed by atoms with van der Waals surface area (Å²) in [4.78, 5) is 14.3. The maximum absolute atomic E-state index is 10.6. The molecule has 1 aliphatic carbocycles. The lowest BCUT2D eigenvalue weighted by Crippen LogP contribution is -1.94. The van der Waals surface area contributed by atoms with Crippen molar-refractivity contribution in [1.82, 2.24) is 9.55 Å². The molecular formula is C10H9N3O2. The molecule has 0 N–H and O–H groups in total. The standard InChI is InChI=1S/C10H9N3O2/c14-13(15)9-5-7-3-4-12(8-1-2-8)10(7)11-6-9/h3-6,8H,1-2H2. The summed E-state index contributed by atoms with van der Waals surface area (Å²) in [5.74, 6) is 0. The molecule has 0 aliphatic heterocycles. The van der Waals surface area contributed by atoms with Crippen LogP contribution in [0.25, 0.3) is 11.0 Å². The highest BCUT2D eigenvalue weighted by atomic mass is 16.6. The van der Waals surface area contributed by atoms with Crippen molar-refractivity contribution >= 4 is 16.7 Å². The van der Waals surface area contributed by atoms with Crippen LogP contribution in [-0.2, 0) is 0 Å². The van der Waals surface area contributed by atoms with Crippen molar-refractivity contribution < 1.29 is 4.92 Å².